The van der Waals surface area contributed by atoms with E-state index in [2.05, 4.69) is 0 Å². The summed E-state index contributed by atoms with van der Waals surface area (Å²) in [6, 6.07) is 0. The summed E-state index contributed by atoms with van der Waals surface area (Å²) in [5.41, 5.74) is -0.0674. The molecule has 1 saturated heterocycles. The molecule has 14 heavy (non-hydrogen) atoms. The second-order valence-corrected chi connectivity index (χ2v) is 6.01. The molecule has 1 rings (SSSR count). The van der Waals surface area contributed by atoms with E-state index < -0.39 is 7.82 Å². The molecule has 0 radical (unpaired) electrons. The number of phosphoric acid groups is 1. The van der Waals surface area contributed by atoms with Gasteiger partial charge in [-0.3, -0.25) is 13.6 Å². The Bertz CT molecular complexity index is 213. The van der Waals surface area contributed by atoms with Gasteiger partial charge in [0.2, 0.25) is 0 Å². The minimum absolute atomic E-state index is 0.0674. The maximum absolute atomic E-state index is 11.7. The molecule has 0 aromatic rings. The predicted octanol–water partition coefficient (Wildman–Crippen LogP) is 2.98. The number of rotatable bonds is 4. The van der Waals surface area contributed by atoms with Crippen molar-refractivity contribution in [1.82, 2.24) is 0 Å². The Kier molecular flexibility index (Phi) is 4.14. The molecular weight excluding hydrogens is 203 g/mol. The molecule has 0 N–H and O–H groups in total. The van der Waals surface area contributed by atoms with E-state index in [0.29, 0.717) is 19.8 Å². The average Bonchev–Trinajstić information content (AvgIpc) is 2.12. The van der Waals surface area contributed by atoms with Crippen LogP contribution in [-0.2, 0) is 18.1 Å². The fourth-order valence-electron chi connectivity index (χ4n) is 0.982. The molecule has 1 aliphatic rings. The Morgan fingerprint density at radius 3 is 2.43 bits per heavy atom. The first-order valence-electron chi connectivity index (χ1n) is 5.01. The van der Waals surface area contributed by atoms with Gasteiger partial charge in [-0.1, -0.05) is 27.2 Å². The molecule has 1 heterocycles. The summed E-state index contributed by atoms with van der Waals surface area (Å²) in [5, 5.41) is 0. The van der Waals surface area contributed by atoms with Crippen LogP contribution in [-0.4, -0.2) is 19.8 Å². The lowest BCUT2D eigenvalue weighted by Crippen LogP contribution is -2.29. The van der Waals surface area contributed by atoms with Gasteiger partial charge in [-0.05, 0) is 6.42 Å². The van der Waals surface area contributed by atoms with E-state index in [9.17, 15) is 4.57 Å². The van der Waals surface area contributed by atoms with Crippen LogP contribution in [0.25, 0.3) is 0 Å². The van der Waals surface area contributed by atoms with E-state index >= 15 is 0 Å². The zero-order valence-electron chi connectivity index (χ0n) is 9.12. The molecule has 0 amide bonds. The summed E-state index contributed by atoms with van der Waals surface area (Å²) in [7, 11) is -3.22. The number of hydrogen-bond donors (Lipinski definition) is 0. The third-order valence-corrected chi connectivity index (χ3v) is 3.36. The second kappa shape index (κ2) is 4.75. The van der Waals surface area contributed by atoms with Gasteiger partial charge in [0.05, 0.1) is 19.8 Å². The molecule has 1 aliphatic heterocycles. The summed E-state index contributed by atoms with van der Waals surface area (Å²) in [6.07, 6.45) is 1.88. The fraction of sp³-hybridized carbons (Fsp3) is 1.00. The lowest BCUT2D eigenvalue weighted by molar-refractivity contribution is 0.00109. The Hall–Kier alpha value is 0.110. The lowest BCUT2D eigenvalue weighted by Gasteiger charge is -2.32. The van der Waals surface area contributed by atoms with Crippen LogP contribution in [0.15, 0.2) is 0 Å². The summed E-state index contributed by atoms with van der Waals surface area (Å²) >= 11 is 0. The van der Waals surface area contributed by atoms with Crippen molar-refractivity contribution >= 4 is 7.82 Å². The molecule has 0 aromatic heterocycles. The van der Waals surface area contributed by atoms with Crippen molar-refractivity contribution in [3.63, 3.8) is 0 Å². The Labute approximate surface area is 85.5 Å². The Morgan fingerprint density at radius 2 is 1.93 bits per heavy atom. The summed E-state index contributed by atoms with van der Waals surface area (Å²) in [6.45, 7) is 7.34. The number of unbranched alkanes of at least 4 members (excludes halogenated alkanes) is 1. The van der Waals surface area contributed by atoms with Gasteiger partial charge in [0.25, 0.3) is 0 Å². The zero-order chi connectivity index (χ0) is 10.7. The van der Waals surface area contributed by atoms with Crippen LogP contribution in [0.4, 0.5) is 0 Å². The van der Waals surface area contributed by atoms with Gasteiger partial charge in [0.15, 0.2) is 0 Å². The van der Waals surface area contributed by atoms with Crippen molar-refractivity contribution < 1.29 is 18.1 Å². The van der Waals surface area contributed by atoms with Crippen molar-refractivity contribution in [2.45, 2.75) is 33.6 Å². The standard InChI is InChI=1S/C9H19O4P/c1-4-5-6-11-14(10)12-7-9(2,3)8-13-14/h4-8H2,1-3H3. The lowest BCUT2D eigenvalue weighted by atomic mass is 9.97. The SMILES string of the molecule is CCCCOP1(=O)OCC(C)(C)CO1. The van der Waals surface area contributed by atoms with Gasteiger partial charge < -0.3 is 0 Å². The second-order valence-electron chi connectivity index (χ2n) is 4.35. The summed E-state index contributed by atoms with van der Waals surface area (Å²) in [4.78, 5) is 0. The van der Waals surface area contributed by atoms with Crippen LogP contribution in [0.5, 0.6) is 0 Å². The summed E-state index contributed by atoms with van der Waals surface area (Å²) < 4.78 is 27.1. The normalized spacial score (nSPS) is 24.8. The van der Waals surface area contributed by atoms with Gasteiger partial charge >= 0.3 is 7.82 Å². The smallest absolute Gasteiger partial charge is 0.287 e. The zero-order valence-corrected chi connectivity index (χ0v) is 10.0. The molecule has 0 bridgehead atoms. The van der Waals surface area contributed by atoms with E-state index in [1.54, 1.807) is 0 Å². The molecule has 0 spiro atoms. The van der Waals surface area contributed by atoms with Gasteiger partial charge in [-0.2, -0.15) is 0 Å². The van der Waals surface area contributed by atoms with Crippen molar-refractivity contribution in [3.05, 3.63) is 0 Å². The van der Waals surface area contributed by atoms with Crippen LogP contribution in [0, 0.1) is 5.41 Å². The van der Waals surface area contributed by atoms with Crippen molar-refractivity contribution in [2.75, 3.05) is 19.8 Å². The molecule has 84 valence electrons. The molecule has 0 aliphatic carbocycles. The molecule has 0 aromatic carbocycles. The van der Waals surface area contributed by atoms with Crippen molar-refractivity contribution in [2.24, 2.45) is 5.41 Å². The Balaban J connectivity index is 2.34. The molecule has 4 nitrogen and oxygen atoms in total. The minimum Gasteiger partial charge on any atom is -0.287 e. The third kappa shape index (κ3) is 3.70. The van der Waals surface area contributed by atoms with E-state index in [-0.39, 0.29) is 5.41 Å². The first kappa shape index (κ1) is 12.2. The maximum Gasteiger partial charge on any atom is 0.474 e. The van der Waals surface area contributed by atoms with Crippen LogP contribution in [0.2, 0.25) is 0 Å². The van der Waals surface area contributed by atoms with Gasteiger partial charge in [-0.25, -0.2) is 4.57 Å². The van der Waals surface area contributed by atoms with Gasteiger partial charge in [-0.15, -0.1) is 0 Å². The monoisotopic (exact) mass is 222 g/mol. The Morgan fingerprint density at radius 1 is 1.36 bits per heavy atom. The fourth-order valence-corrected chi connectivity index (χ4v) is 2.57. The highest BCUT2D eigenvalue weighted by atomic mass is 31.2. The highest BCUT2D eigenvalue weighted by Gasteiger charge is 2.37. The molecule has 5 heteroatoms. The van der Waals surface area contributed by atoms with E-state index in [1.807, 2.05) is 20.8 Å². The quantitative estimate of drug-likeness (QED) is 0.541. The van der Waals surface area contributed by atoms with Crippen LogP contribution < -0.4 is 0 Å². The van der Waals surface area contributed by atoms with E-state index in [4.69, 9.17) is 13.6 Å². The van der Waals surface area contributed by atoms with E-state index in [1.165, 1.54) is 0 Å². The first-order chi connectivity index (χ1) is 6.47. The largest absolute Gasteiger partial charge is 0.474 e. The topological polar surface area (TPSA) is 44.8 Å². The van der Waals surface area contributed by atoms with Crippen LogP contribution in [0.3, 0.4) is 0 Å². The van der Waals surface area contributed by atoms with Crippen LogP contribution in [0.1, 0.15) is 33.6 Å². The van der Waals surface area contributed by atoms with E-state index in [0.717, 1.165) is 12.8 Å². The molecular formula is C9H19O4P. The first-order valence-corrected chi connectivity index (χ1v) is 6.47. The molecule has 0 saturated carbocycles. The van der Waals surface area contributed by atoms with Crippen molar-refractivity contribution in [3.8, 4) is 0 Å². The molecule has 0 atom stereocenters. The highest BCUT2D eigenvalue weighted by molar-refractivity contribution is 7.48. The van der Waals surface area contributed by atoms with Gasteiger partial charge in [0, 0.05) is 5.41 Å². The minimum atomic E-state index is -3.22. The van der Waals surface area contributed by atoms with Gasteiger partial charge in [0.1, 0.15) is 0 Å². The molecule has 1 fully saturated rings. The van der Waals surface area contributed by atoms with Crippen molar-refractivity contribution in [1.29, 1.82) is 0 Å². The predicted molar refractivity (Wildman–Crippen MR) is 54.2 cm³/mol. The maximum atomic E-state index is 11.7. The average molecular weight is 222 g/mol. The third-order valence-electron chi connectivity index (χ3n) is 1.97. The van der Waals surface area contributed by atoms with Crippen LogP contribution >= 0.6 is 7.82 Å². The summed E-state index contributed by atoms with van der Waals surface area (Å²) in [5.74, 6) is 0. The number of phosphoric ester groups is 1. The number of hydrogen-bond acceptors (Lipinski definition) is 4. The highest BCUT2D eigenvalue weighted by Crippen LogP contribution is 2.54. The molecule has 0 unspecified atom stereocenters.